The Labute approximate surface area is 183 Å². The number of likely N-dealkylation sites (tertiary alicyclic amines) is 1. The molecule has 0 bridgehead atoms. The van der Waals surface area contributed by atoms with Gasteiger partial charge in [-0.3, -0.25) is 9.59 Å². The molecule has 2 aromatic carbocycles. The lowest BCUT2D eigenvalue weighted by Crippen LogP contribution is -2.57. The number of aryl methyl sites for hydroxylation is 1. The molecule has 3 rings (SSSR count). The van der Waals surface area contributed by atoms with Crippen LogP contribution < -0.4 is 5.32 Å². The highest BCUT2D eigenvalue weighted by atomic mass is 19.3. The molecule has 172 valence electrons. The molecule has 0 saturated carbocycles. The van der Waals surface area contributed by atoms with Gasteiger partial charge in [0.05, 0.1) is 11.7 Å². The van der Waals surface area contributed by atoms with E-state index in [1.165, 1.54) is 19.1 Å². The van der Waals surface area contributed by atoms with Gasteiger partial charge in [-0.15, -0.1) is 0 Å². The summed E-state index contributed by atoms with van der Waals surface area (Å²) < 4.78 is 58.0. The van der Waals surface area contributed by atoms with Crippen LogP contribution in [0.2, 0.25) is 0 Å². The Kier molecular flexibility index (Phi) is 6.33. The second-order valence-corrected chi connectivity index (χ2v) is 8.60. The Morgan fingerprint density at radius 2 is 1.78 bits per heavy atom. The fraction of sp³-hybridized carbons (Fsp3) is 0.391. The Morgan fingerprint density at radius 1 is 1.12 bits per heavy atom. The number of nitrogens with zero attached hydrogens (tertiary/aromatic N) is 1. The molecule has 2 amide bonds. The number of hydrogen-bond donors (Lipinski definition) is 2. The fourth-order valence-corrected chi connectivity index (χ4v) is 3.86. The molecular formula is C23H24F4N2O3. The zero-order valence-electron chi connectivity index (χ0n) is 17.9. The summed E-state index contributed by atoms with van der Waals surface area (Å²) in [6, 6.07) is 6.17. The number of piperidine rings is 1. The van der Waals surface area contributed by atoms with Crippen LogP contribution in [0, 0.1) is 18.6 Å². The van der Waals surface area contributed by atoms with Crippen LogP contribution in [-0.2, 0) is 10.7 Å². The number of amides is 2. The van der Waals surface area contributed by atoms with Crippen molar-refractivity contribution in [3.63, 3.8) is 0 Å². The first kappa shape index (κ1) is 23.7. The van der Waals surface area contributed by atoms with Gasteiger partial charge in [-0.1, -0.05) is 0 Å². The van der Waals surface area contributed by atoms with Crippen molar-refractivity contribution >= 4 is 17.5 Å². The smallest absolute Gasteiger partial charge is 0.352 e. The van der Waals surface area contributed by atoms with E-state index in [1.54, 1.807) is 13.8 Å². The van der Waals surface area contributed by atoms with Gasteiger partial charge in [0.25, 0.3) is 11.8 Å². The van der Waals surface area contributed by atoms with Crippen LogP contribution >= 0.6 is 0 Å². The predicted octanol–water partition coefficient (Wildman–Crippen LogP) is 4.38. The average molecular weight is 452 g/mol. The quantitative estimate of drug-likeness (QED) is 0.677. The fourth-order valence-electron chi connectivity index (χ4n) is 3.86. The van der Waals surface area contributed by atoms with Gasteiger partial charge in [0.15, 0.2) is 0 Å². The molecule has 1 heterocycles. The highest BCUT2D eigenvalue weighted by Crippen LogP contribution is 2.37. The predicted molar refractivity (Wildman–Crippen MR) is 110 cm³/mol. The SMILES string of the molecule is Cc1cc(NC(=O)c2ccc(F)c(C(F)(F)C(=O)N3CCC(O)CC3(C)C)c2)ccc1F. The number of carbonyl (C=O) groups excluding carboxylic acids is 2. The molecule has 9 heteroatoms. The maximum atomic E-state index is 15.1. The highest BCUT2D eigenvalue weighted by molar-refractivity contribution is 6.04. The summed E-state index contributed by atoms with van der Waals surface area (Å²) in [6.45, 7) is 4.49. The molecule has 0 aromatic heterocycles. The third-order valence-electron chi connectivity index (χ3n) is 5.65. The van der Waals surface area contributed by atoms with Crippen LogP contribution in [0.25, 0.3) is 0 Å². The first-order chi connectivity index (χ1) is 14.8. The van der Waals surface area contributed by atoms with Crippen LogP contribution in [0.1, 0.15) is 48.2 Å². The Balaban J connectivity index is 1.88. The highest BCUT2D eigenvalue weighted by Gasteiger charge is 2.50. The van der Waals surface area contributed by atoms with Gasteiger partial charge >= 0.3 is 5.92 Å². The van der Waals surface area contributed by atoms with Crippen molar-refractivity contribution in [2.75, 3.05) is 11.9 Å². The molecule has 1 aliphatic rings. The zero-order chi connectivity index (χ0) is 23.8. The van der Waals surface area contributed by atoms with Crippen molar-refractivity contribution in [2.45, 2.75) is 51.2 Å². The lowest BCUT2D eigenvalue weighted by Gasteiger charge is -2.45. The number of carbonyl (C=O) groups is 2. The number of hydrogen-bond acceptors (Lipinski definition) is 3. The molecule has 5 nitrogen and oxygen atoms in total. The lowest BCUT2D eigenvalue weighted by molar-refractivity contribution is -0.169. The van der Waals surface area contributed by atoms with Gasteiger partial charge < -0.3 is 15.3 Å². The van der Waals surface area contributed by atoms with E-state index in [0.29, 0.717) is 12.1 Å². The van der Waals surface area contributed by atoms with Crippen LogP contribution in [-0.4, -0.2) is 40.0 Å². The first-order valence-electron chi connectivity index (χ1n) is 10.1. The minimum Gasteiger partial charge on any atom is -0.393 e. The molecule has 0 spiro atoms. The van der Waals surface area contributed by atoms with Crippen LogP contribution in [0.5, 0.6) is 0 Å². The Hall–Kier alpha value is -2.94. The minimum absolute atomic E-state index is 0.103. The summed E-state index contributed by atoms with van der Waals surface area (Å²) in [7, 11) is 0. The van der Waals surface area contributed by atoms with Crippen molar-refractivity contribution in [1.29, 1.82) is 0 Å². The molecule has 32 heavy (non-hydrogen) atoms. The first-order valence-corrected chi connectivity index (χ1v) is 10.1. The van der Waals surface area contributed by atoms with E-state index < -0.39 is 46.6 Å². The summed E-state index contributed by atoms with van der Waals surface area (Å²) in [6.07, 6.45) is -0.481. The summed E-state index contributed by atoms with van der Waals surface area (Å²) in [5, 5.41) is 12.2. The third-order valence-corrected chi connectivity index (χ3v) is 5.65. The molecule has 2 aromatic rings. The maximum absolute atomic E-state index is 15.1. The van der Waals surface area contributed by atoms with E-state index in [4.69, 9.17) is 0 Å². The molecule has 1 atom stereocenters. The number of benzene rings is 2. The standard InChI is InChI=1S/C23H24F4N2O3/c1-13-10-15(5-7-18(13)24)28-20(31)14-4-6-19(25)17(11-14)23(26,27)21(32)29-9-8-16(30)12-22(29,2)3/h4-7,10-11,16,30H,8-9,12H2,1-3H3,(H,28,31). The summed E-state index contributed by atoms with van der Waals surface area (Å²) >= 11 is 0. The number of alkyl halides is 2. The van der Waals surface area contributed by atoms with E-state index in [1.807, 2.05) is 0 Å². The molecular weight excluding hydrogens is 428 g/mol. The Morgan fingerprint density at radius 3 is 2.41 bits per heavy atom. The van der Waals surface area contributed by atoms with Gasteiger partial charge in [0.1, 0.15) is 11.6 Å². The van der Waals surface area contributed by atoms with Crippen LogP contribution in [0.3, 0.4) is 0 Å². The normalized spacial score (nSPS) is 18.4. The van der Waals surface area contributed by atoms with E-state index in [2.05, 4.69) is 5.32 Å². The van der Waals surface area contributed by atoms with E-state index >= 15 is 8.78 Å². The van der Waals surface area contributed by atoms with Gasteiger partial charge in [0.2, 0.25) is 0 Å². The van der Waals surface area contributed by atoms with Gasteiger partial charge in [-0.2, -0.15) is 8.78 Å². The van der Waals surface area contributed by atoms with Crippen LogP contribution in [0.15, 0.2) is 36.4 Å². The number of nitrogens with one attached hydrogen (secondary N) is 1. The molecule has 0 radical (unpaired) electrons. The Bertz CT molecular complexity index is 1060. The van der Waals surface area contributed by atoms with Gasteiger partial charge in [-0.05, 0) is 75.6 Å². The maximum Gasteiger partial charge on any atom is 0.352 e. The second-order valence-electron chi connectivity index (χ2n) is 8.60. The molecule has 1 saturated heterocycles. The number of halogens is 4. The molecule has 1 unspecified atom stereocenters. The molecule has 1 aliphatic heterocycles. The third kappa shape index (κ3) is 4.62. The summed E-state index contributed by atoms with van der Waals surface area (Å²) in [4.78, 5) is 26.2. The molecule has 0 aliphatic carbocycles. The van der Waals surface area contributed by atoms with Gasteiger partial charge in [0, 0.05) is 23.3 Å². The molecule has 1 fully saturated rings. The van der Waals surface area contributed by atoms with E-state index in [-0.39, 0.29) is 36.2 Å². The van der Waals surface area contributed by atoms with Crippen molar-refractivity contribution in [2.24, 2.45) is 0 Å². The van der Waals surface area contributed by atoms with E-state index in [9.17, 15) is 23.5 Å². The number of aliphatic hydroxyl groups is 1. The topological polar surface area (TPSA) is 69.6 Å². The van der Waals surface area contributed by atoms with E-state index in [0.717, 1.165) is 17.0 Å². The lowest BCUT2D eigenvalue weighted by atomic mass is 9.87. The van der Waals surface area contributed by atoms with Gasteiger partial charge in [-0.25, -0.2) is 8.78 Å². The second kappa shape index (κ2) is 8.54. The zero-order valence-corrected chi connectivity index (χ0v) is 17.9. The van der Waals surface area contributed by atoms with Crippen LogP contribution in [0.4, 0.5) is 23.2 Å². The minimum atomic E-state index is -4.23. The number of aliphatic hydroxyl groups excluding tert-OH is 1. The number of rotatable bonds is 4. The number of anilines is 1. The van der Waals surface area contributed by atoms with Crippen molar-refractivity contribution < 1.29 is 32.3 Å². The van der Waals surface area contributed by atoms with Crippen molar-refractivity contribution in [3.05, 3.63) is 64.7 Å². The average Bonchev–Trinajstić information content (AvgIpc) is 2.69. The monoisotopic (exact) mass is 452 g/mol. The summed E-state index contributed by atoms with van der Waals surface area (Å²) in [5.74, 6) is -8.44. The molecule has 2 N–H and O–H groups in total. The summed E-state index contributed by atoms with van der Waals surface area (Å²) in [5.41, 5.74) is -2.05. The van der Waals surface area contributed by atoms with Crippen molar-refractivity contribution in [1.82, 2.24) is 4.90 Å². The largest absolute Gasteiger partial charge is 0.393 e. The van der Waals surface area contributed by atoms with Crippen molar-refractivity contribution in [3.8, 4) is 0 Å².